The van der Waals surface area contributed by atoms with Gasteiger partial charge >= 0.3 is 5.51 Å². The van der Waals surface area contributed by atoms with Gasteiger partial charge in [0, 0.05) is 86.6 Å². The van der Waals surface area contributed by atoms with Crippen LogP contribution in [0.1, 0.15) is 12.8 Å². The SMILES string of the molecule is O=C(CCN1CCN(c2cccc(Cl)c2)CC1)N1CCCN(c2ccc(SC(F)(F)F)cc2)CC1. The average molecular weight is 527 g/mol. The van der Waals surface area contributed by atoms with Crippen LogP contribution in [0.4, 0.5) is 24.5 Å². The van der Waals surface area contributed by atoms with E-state index in [4.69, 9.17) is 11.6 Å². The van der Waals surface area contributed by atoms with E-state index in [0.29, 0.717) is 26.1 Å². The van der Waals surface area contributed by atoms with Crippen LogP contribution in [0.3, 0.4) is 0 Å². The predicted octanol–water partition coefficient (Wildman–Crippen LogP) is 5.20. The second-order valence-electron chi connectivity index (χ2n) is 8.82. The molecule has 0 radical (unpaired) electrons. The molecule has 1 amide bonds. The summed E-state index contributed by atoms with van der Waals surface area (Å²) in [5, 5.41) is 0.740. The highest BCUT2D eigenvalue weighted by Crippen LogP contribution is 2.37. The van der Waals surface area contributed by atoms with E-state index < -0.39 is 5.51 Å². The van der Waals surface area contributed by atoms with E-state index >= 15 is 0 Å². The molecule has 35 heavy (non-hydrogen) atoms. The van der Waals surface area contributed by atoms with Crippen LogP contribution in [-0.2, 0) is 4.79 Å². The summed E-state index contributed by atoms with van der Waals surface area (Å²) in [6, 6.07) is 14.4. The molecular formula is C25H30ClF3N4OS. The number of hydrogen-bond donors (Lipinski definition) is 0. The van der Waals surface area contributed by atoms with Gasteiger partial charge in [-0.2, -0.15) is 13.2 Å². The van der Waals surface area contributed by atoms with Crippen molar-refractivity contribution in [3.63, 3.8) is 0 Å². The number of carbonyl (C=O) groups is 1. The number of anilines is 2. The van der Waals surface area contributed by atoms with Gasteiger partial charge < -0.3 is 14.7 Å². The lowest BCUT2D eigenvalue weighted by molar-refractivity contribution is -0.131. The lowest BCUT2D eigenvalue weighted by Crippen LogP contribution is -2.47. The molecule has 0 atom stereocenters. The maximum absolute atomic E-state index is 12.9. The summed E-state index contributed by atoms with van der Waals surface area (Å²) in [4.78, 5) is 21.8. The zero-order valence-corrected chi connectivity index (χ0v) is 21.1. The molecule has 10 heteroatoms. The van der Waals surface area contributed by atoms with Crippen molar-refractivity contribution in [2.45, 2.75) is 23.2 Å². The van der Waals surface area contributed by atoms with Crippen LogP contribution in [0.2, 0.25) is 5.02 Å². The van der Waals surface area contributed by atoms with Crippen LogP contribution in [0, 0.1) is 0 Å². The van der Waals surface area contributed by atoms with Crippen molar-refractivity contribution in [2.24, 2.45) is 0 Å². The lowest BCUT2D eigenvalue weighted by atomic mass is 10.2. The van der Waals surface area contributed by atoms with E-state index in [1.807, 2.05) is 23.1 Å². The zero-order valence-electron chi connectivity index (χ0n) is 19.5. The Labute approximate surface area is 213 Å². The summed E-state index contributed by atoms with van der Waals surface area (Å²) in [7, 11) is 0. The van der Waals surface area contributed by atoms with Crippen molar-refractivity contribution in [1.82, 2.24) is 9.80 Å². The van der Waals surface area contributed by atoms with Crippen molar-refractivity contribution in [2.75, 3.05) is 68.7 Å². The quantitative estimate of drug-likeness (QED) is 0.483. The number of amides is 1. The molecular weight excluding hydrogens is 497 g/mol. The summed E-state index contributed by atoms with van der Waals surface area (Å²) >= 11 is 6.01. The Morgan fingerprint density at radius 1 is 0.857 bits per heavy atom. The number of piperazine rings is 1. The van der Waals surface area contributed by atoms with E-state index in [9.17, 15) is 18.0 Å². The first-order chi connectivity index (χ1) is 16.8. The van der Waals surface area contributed by atoms with Gasteiger partial charge in [0.25, 0.3) is 0 Å². The Morgan fingerprint density at radius 3 is 2.23 bits per heavy atom. The van der Waals surface area contributed by atoms with Crippen LogP contribution in [0.25, 0.3) is 0 Å². The molecule has 2 aliphatic heterocycles. The molecule has 190 valence electrons. The molecule has 0 spiro atoms. The van der Waals surface area contributed by atoms with Crippen molar-refractivity contribution in [3.05, 3.63) is 53.6 Å². The molecule has 4 rings (SSSR count). The first-order valence-corrected chi connectivity index (χ1v) is 13.1. The van der Waals surface area contributed by atoms with Crippen molar-refractivity contribution >= 4 is 40.6 Å². The molecule has 0 N–H and O–H groups in total. The number of rotatable bonds is 6. The van der Waals surface area contributed by atoms with E-state index in [-0.39, 0.29) is 22.6 Å². The monoisotopic (exact) mass is 526 g/mol. The van der Waals surface area contributed by atoms with Crippen LogP contribution in [-0.4, -0.2) is 80.1 Å². The van der Waals surface area contributed by atoms with Crippen molar-refractivity contribution in [1.29, 1.82) is 0 Å². The van der Waals surface area contributed by atoms with E-state index in [0.717, 1.165) is 62.1 Å². The van der Waals surface area contributed by atoms with Gasteiger partial charge in [-0.3, -0.25) is 9.69 Å². The van der Waals surface area contributed by atoms with Gasteiger partial charge in [0.05, 0.1) is 0 Å². The molecule has 0 aliphatic carbocycles. The van der Waals surface area contributed by atoms with Gasteiger partial charge in [0.1, 0.15) is 0 Å². The van der Waals surface area contributed by atoms with Crippen molar-refractivity contribution < 1.29 is 18.0 Å². The minimum absolute atomic E-state index is 0.102. The third kappa shape index (κ3) is 7.69. The average Bonchev–Trinajstić information content (AvgIpc) is 3.09. The number of benzene rings is 2. The van der Waals surface area contributed by atoms with E-state index in [2.05, 4.69) is 20.8 Å². The number of carbonyl (C=O) groups excluding carboxylic acids is 1. The predicted molar refractivity (Wildman–Crippen MR) is 136 cm³/mol. The number of thioether (sulfide) groups is 1. The maximum atomic E-state index is 12.9. The first-order valence-electron chi connectivity index (χ1n) is 11.9. The molecule has 0 saturated carbocycles. The van der Waals surface area contributed by atoms with Crippen molar-refractivity contribution in [3.8, 4) is 0 Å². The van der Waals surface area contributed by atoms with Gasteiger partial charge in [-0.05, 0) is 60.6 Å². The molecule has 0 aromatic heterocycles. The van der Waals surface area contributed by atoms with Gasteiger partial charge in [-0.25, -0.2) is 0 Å². The molecule has 2 aliphatic rings. The summed E-state index contributed by atoms with van der Waals surface area (Å²) in [6.45, 7) is 7.19. The zero-order chi connectivity index (χ0) is 24.8. The van der Waals surface area contributed by atoms with Gasteiger partial charge in [0.15, 0.2) is 0 Å². The molecule has 2 aromatic rings. The van der Waals surface area contributed by atoms with Gasteiger partial charge in [0.2, 0.25) is 5.91 Å². The minimum Gasteiger partial charge on any atom is -0.370 e. The van der Waals surface area contributed by atoms with E-state index in [1.54, 1.807) is 12.1 Å². The van der Waals surface area contributed by atoms with Crippen LogP contribution >= 0.6 is 23.4 Å². The maximum Gasteiger partial charge on any atom is 0.446 e. The molecule has 0 bridgehead atoms. The second kappa shape index (κ2) is 11.8. The number of halogens is 4. The molecule has 2 saturated heterocycles. The fourth-order valence-corrected chi connectivity index (χ4v) is 5.32. The highest BCUT2D eigenvalue weighted by atomic mass is 35.5. The summed E-state index contributed by atoms with van der Waals surface area (Å²) < 4.78 is 37.7. The minimum atomic E-state index is -4.28. The number of hydrogen-bond acceptors (Lipinski definition) is 5. The Balaban J connectivity index is 1.20. The first kappa shape index (κ1) is 26.0. The standard InChI is InChI=1S/C25H30ClF3N4OS/c26-20-3-1-4-22(19-20)32-15-13-30(14-16-32)12-9-24(34)33-11-2-10-31(17-18-33)21-5-7-23(8-6-21)35-25(27,28)29/h1,3-8,19H,2,9-18H2. The Bertz CT molecular complexity index is 983. The molecule has 0 unspecified atom stereocenters. The fourth-order valence-electron chi connectivity index (χ4n) is 4.60. The normalized spacial score (nSPS) is 18.0. The van der Waals surface area contributed by atoms with Crippen LogP contribution < -0.4 is 9.80 Å². The summed E-state index contributed by atoms with van der Waals surface area (Å²) in [5.74, 6) is 0.168. The smallest absolute Gasteiger partial charge is 0.370 e. The Morgan fingerprint density at radius 2 is 1.54 bits per heavy atom. The van der Waals surface area contributed by atoms with Gasteiger partial charge in [-0.1, -0.05) is 17.7 Å². The van der Waals surface area contributed by atoms with Gasteiger partial charge in [-0.15, -0.1) is 0 Å². The molecule has 2 heterocycles. The third-order valence-electron chi connectivity index (χ3n) is 6.47. The molecule has 2 aromatic carbocycles. The number of nitrogens with zero attached hydrogens (tertiary/aromatic N) is 4. The van der Waals surface area contributed by atoms with E-state index in [1.165, 1.54) is 12.1 Å². The lowest BCUT2D eigenvalue weighted by Gasteiger charge is -2.36. The second-order valence-corrected chi connectivity index (χ2v) is 10.4. The Hall–Kier alpha value is -2.10. The highest BCUT2D eigenvalue weighted by molar-refractivity contribution is 8.00. The molecule has 5 nitrogen and oxygen atoms in total. The Kier molecular flexibility index (Phi) is 8.73. The third-order valence-corrected chi connectivity index (χ3v) is 7.45. The number of alkyl halides is 3. The summed E-state index contributed by atoms with van der Waals surface area (Å²) in [6.07, 6.45) is 1.34. The highest BCUT2D eigenvalue weighted by Gasteiger charge is 2.29. The van der Waals surface area contributed by atoms with Crippen LogP contribution in [0.5, 0.6) is 0 Å². The molecule has 2 fully saturated rings. The fraction of sp³-hybridized carbons (Fsp3) is 0.480. The van der Waals surface area contributed by atoms with Crippen LogP contribution in [0.15, 0.2) is 53.4 Å². The topological polar surface area (TPSA) is 30.0 Å². The summed E-state index contributed by atoms with van der Waals surface area (Å²) in [5.41, 5.74) is -2.26. The largest absolute Gasteiger partial charge is 0.446 e.